The van der Waals surface area contributed by atoms with Gasteiger partial charge in [0.05, 0.1) is 12.7 Å². The van der Waals surface area contributed by atoms with Crippen LogP contribution in [-0.4, -0.2) is 28.6 Å². The lowest BCUT2D eigenvalue weighted by Crippen LogP contribution is -2.37. The first-order valence-corrected chi connectivity index (χ1v) is 3.27. The van der Waals surface area contributed by atoms with Crippen LogP contribution in [0.3, 0.4) is 0 Å². The number of aliphatic hydroxyl groups excluding tert-OH is 2. The number of hydrogen-bond donors (Lipinski definition) is 2. The molecule has 10 heavy (non-hydrogen) atoms. The van der Waals surface area contributed by atoms with Crippen LogP contribution in [-0.2, 0) is 0 Å². The van der Waals surface area contributed by atoms with Gasteiger partial charge in [0.1, 0.15) is 0 Å². The molecule has 0 amide bonds. The molecule has 0 heterocycles. The Morgan fingerprint density at radius 2 is 2.40 bits per heavy atom. The Balaban J connectivity index is 2.80. The molecule has 58 valence electrons. The normalized spacial score (nSPS) is 40.7. The second-order valence-corrected chi connectivity index (χ2v) is 2.68. The number of alkyl halides is 1. The minimum absolute atomic E-state index is 0.308. The van der Waals surface area contributed by atoms with Crippen LogP contribution in [0.4, 0.5) is 4.39 Å². The van der Waals surface area contributed by atoms with Gasteiger partial charge in [-0.15, -0.1) is 0 Å². The molecule has 0 radical (unpaired) electrons. The minimum Gasteiger partial charge on any atom is -0.393 e. The van der Waals surface area contributed by atoms with Crippen molar-refractivity contribution in [1.29, 1.82) is 0 Å². The summed E-state index contributed by atoms with van der Waals surface area (Å²) < 4.78 is 13.2. The smallest absolute Gasteiger partial charge is 0.180 e. The molecule has 1 rings (SSSR count). The van der Waals surface area contributed by atoms with Crippen molar-refractivity contribution in [3.63, 3.8) is 0 Å². The van der Waals surface area contributed by atoms with Crippen LogP contribution in [0.5, 0.6) is 0 Å². The highest BCUT2D eigenvalue weighted by Gasteiger charge is 2.45. The summed E-state index contributed by atoms with van der Waals surface area (Å²) in [6, 6.07) is 0. The van der Waals surface area contributed by atoms with Crippen LogP contribution < -0.4 is 0 Å². The van der Waals surface area contributed by atoms with E-state index >= 15 is 0 Å². The third kappa shape index (κ3) is 0.859. The number of rotatable bonds is 1. The lowest BCUT2D eigenvalue weighted by atomic mass is 10.00. The molecule has 1 aliphatic rings. The first kappa shape index (κ1) is 7.69. The Kier molecular flexibility index (Phi) is 1.79. The van der Waals surface area contributed by atoms with Crippen molar-refractivity contribution in [2.24, 2.45) is 0 Å². The summed E-state index contributed by atoms with van der Waals surface area (Å²) in [4.78, 5) is 0. The fourth-order valence-electron chi connectivity index (χ4n) is 1.20. The second-order valence-electron chi connectivity index (χ2n) is 2.68. The van der Waals surface area contributed by atoms with Gasteiger partial charge in [0.25, 0.3) is 0 Å². The third-order valence-corrected chi connectivity index (χ3v) is 2.07. The van der Waals surface area contributed by atoms with Gasteiger partial charge in [-0.2, -0.15) is 0 Å². The number of aliphatic hydroxyl groups is 2. The van der Waals surface area contributed by atoms with Gasteiger partial charge >= 0.3 is 0 Å². The molecule has 0 aromatic rings. The van der Waals surface area contributed by atoms with Crippen molar-refractivity contribution in [3.05, 3.63) is 12.2 Å². The SMILES string of the molecule is C=C1CC[C@@H](O)[C@]1(F)CO. The van der Waals surface area contributed by atoms with Crippen molar-refractivity contribution >= 4 is 0 Å². The highest BCUT2D eigenvalue weighted by molar-refractivity contribution is 5.21. The molecule has 2 atom stereocenters. The molecule has 2 nitrogen and oxygen atoms in total. The molecule has 0 spiro atoms. The quantitative estimate of drug-likeness (QED) is 0.525. The number of halogens is 1. The molecule has 1 fully saturated rings. The Labute approximate surface area is 59.0 Å². The van der Waals surface area contributed by atoms with Crippen molar-refractivity contribution in [1.82, 2.24) is 0 Å². The molecule has 0 aromatic carbocycles. The molecular weight excluding hydrogens is 135 g/mol. The topological polar surface area (TPSA) is 40.5 Å². The molecule has 2 N–H and O–H groups in total. The molecule has 0 saturated heterocycles. The molecule has 1 aliphatic carbocycles. The van der Waals surface area contributed by atoms with Gasteiger partial charge in [-0.05, 0) is 18.4 Å². The van der Waals surface area contributed by atoms with Crippen LogP contribution in [0.15, 0.2) is 12.2 Å². The van der Waals surface area contributed by atoms with E-state index in [0.717, 1.165) is 0 Å². The average Bonchev–Trinajstić information content (AvgIpc) is 2.18. The summed E-state index contributed by atoms with van der Waals surface area (Å²) in [6.45, 7) is 2.77. The zero-order valence-corrected chi connectivity index (χ0v) is 5.68. The molecule has 0 aliphatic heterocycles. The highest BCUT2D eigenvalue weighted by Crippen LogP contribution is 2.37. The first-order chi connectivity index (χ1) is 4.61. The third-order valence-electron chi connectivity index (χ3n) is 2.07. The largest absolute Gasteiger partial charge is 0.393 e. The van der Waals surface area contributed by atoms with Crippen LogP contribution >= 0.6 is 0 Å². The van der Waals surface area contributed by atoms with Crippen LogP contribution in [0.25, 0.3) is 0 Å². The van der Waals surface area contributed by atoms with Gasteiger partial charge < -0.3 is 10.2 Å². The monoisotopic (exact) mass is 146 g/mol. The molecule has 0 bridgehead atoms. The molecule has 1 saturated carbocycles. The van der Waals surface area contributed by atoms with Crippen molar-refractivity contribution < 1.29 is 14.6 Å². The highest BCUT2D eigenvalue weighted by atomic mass is 19.1. The van der Waals surface area contributed by atoms with Gasteiger partial charge in [-0.1, -0.05) is 6.58 Å². The fraction of sp³-hybridized carbons (Fsp3) is 0.714. The summed E-state index contributed by atoms with van der Waals surface area (Å²) >= 11 is 0. The van der Waals surface area contributed by atoms with E-state index < -0.39 is 18.4 Å². The summed E-state index contributed by atoms with van der Waals surface area (Å²) in [5, 5.41) is 17.6. The van der Waals surface area contributed by atoms with E-state index in [2.05, 4.69) is 6.58 Å². The molecule has 0 aromatic heterocycles. The Hall–Kier alpha value is -0.410. The summed E-state index contributed by atoms with van der Waals surface area (Å²) in [5.41, 5.74) is -1.62. The van der Waals surface area contributed by atoms with Gasteiger partial charge in [-0.3, -0.25) is 0 Å². The van der Waals surface area contributed by atoms with E-state index in [-0.39, 0.29) is 0 Å². The van der Waals surface area contributed by atoms with Crippen LogP contribution in [0.1, 0.15) is 12.8 Å². The van der Waals surface area contributed by atoms with Gasteiger partial charge in [0, 0.05) is 0 Å². The lowest BCUT2D eigenvalue weighted by molar-refractivity contribution is -0.00207. The van der Waals surface area contributed by atoms with Crippen LogP contribution in [0.2, 0.25) is 0 Å². The van der Waals surface area contributed by atoms with E-state index in [9.17, 15) is 4.39 Å². The maximum absolute atomic E-state index is 13.2. The zero-order valence-electron chi connectivity index (χ0n) is 5.68. The zero-order chi connectivity index (χ0) is 7.78. The summed E-state index contributed by atoms with van der Waals surface area (Å²) in [7, 11) is 0. The first-order valence-electron chi connectivity index (χ1n) is 3.27. The molecule has 0 unspecified atom stereocenters. The maximum atomic E-state index is 13.2. The summed E-state index contributed by atoms with van der Waals surface area (Å²) in [5.74, 6) is 0. The van der Waals surface area contributed by atoms with E-state index in [4.69, 9.17) is 10.2 Å². The van der Waals surface area contributed by atoms with Crippen molar-refractivity contribution in [3.8, 4) is 0 Å². The summed E-state index contributed by atoms with van der Waals surface area (Å²) in [6.07, 6.45) is -0.223. The Bertz CT molecular complexity index is 158. The predicted molar refractivity (Wildman–Crippen MR) is 35.3 cm³/mol. The number of hydrogen-bond acceptors (Lipinski definition) is 2. The fourth-order valence-corrected chi connectivity index (χ4v) is 1.20. The minimum atomic E-state index is -1.93. The Morgan fingerprint density at radius 1 is 1.80 bits per heavy atom. The van der Waals surface area contributed by atoms with E-state index in [1.54, 1.807) is 0 Å². The van der Waals surface area contributed by atoms with Crippen molar-refractivity contribution in [2.75, 3.05) is 6.61 Å². The lowest BCUT2D eigenvalue weighted by Gasteiger charge is -2.21. The van der Waals surface area contributed by atoms with Gasteiger partial charge in [0.15, 0.2) is 5.67 Å². The van der Waals surface area contributed by atoms with Gasteiger partial charge in [-0.25, -0.2) is 4.39 Å². The van der Waals surface area contributed by atoms with Gasteiger partial charge in [0.2, 0.25) is 0 Å². The average molecular weight is 146 g/mol. The second kappa shape index (κ2) is 2.32. The van der Waals surface area contributed by atoms with E-state index in [1.807, 2.05) is 0 Å². The van der Waals surface area contributed by atoms with E-state index in [0.29, 0.717) is 18.4 Å². The standard InChI is InChI=1S/C7H11FO2/c1-5-2-3-6(10)7(5,8)4-9/h6,9-10H,1-4H2/t6-,7+/m1/s1. The molecule has 3 heteroatoms. The van der Waals surface area contributed by atoms with E-state index in [1.165, 1.54) is 0 Å². The maximum Gasteiger partial charge on any atom is 0.180 e. The predicted octanol–water partition coefficient (Wildman–Crippen LogP) is 0.398. The van der Waals surface area contributed by atoms with Crippen molar-refractivity contribution in [2.45, 2.75) is 24.6 Å². The molecular formula is C7H11FO2. The van der Waals surface area contributed by atoms with Crippen LogP contribution in [0, 0.1) is 0 Å². The Morgan fingerprint density at radius 3 is 2.60 bits per heavy atom.